The van der Waals surface area contributed by atoms with Gasteiger partial charge in [-0.25, -0.2) is 0 Å². The highest BCUT2D eigenvalue weighted by molar-refractivity contribution is 5.59. The molecule has 0 fully saturated rings. The van der Waals surface area contributed by atoms with Crippen LogP contribution < -0.4 is 4.90 Å². The average Bonchev–Trinajstić information content (AvgIpc) is 3.25. The zero-order valence-corrected chi connectivity index (χ0v) is 13.7. The van der Waals surface area contributed by atoms with Crippen LogP contribution in [-0.2, 0) is 13.1 Å². The second kappa shape index (κ2) is 5.37. The first-order valence-electron chi connectivity index (χ1n) is 8.21. The lowest BCUT2D eigenvalue weighted by Gasteiger charge is -2.28. The van der Waals surface area contributed by atoms with Crippen LogP contribution in [0.5, 0.6) is 0 Å². The molecule has 4 aromatic rings. The third kappa shape index (κ3) is 2.25. The Kier molecular flexibility index (Phi) is 3.03. The second-order valence-electron chi connectivity index (χ2n) is 6.09. The van der Waals surface area contributed by atoms with Gasteiger partial charge in [0.25, 0.3) is 0 Å². The summed E-state index contributed by atoms with van der Waals surface area (Å²) in [6.07, 6.45) is 0. The minimum absolute atomic E-state index is 0.697. The molecule has 1 aromatic carbocycles. The Bertz CT molecular complexity index is 1050. The summed E-state index contributed by atoms with van der Waals surface area (Å²) in [7, 11) is 0. The molecule has 8 nitrogen and oxygen atoms in total. The fourth-order valence-corrected chi connectivity index (χ4v) is 3.21. The Balaban J connectivity index is 1.55. The number of aryl methyl sites for hydroxylation is 1. The molecular weight excluding hydrogens is 316 g/mol. The highest BCUT2D eigenvalue weighted by atomic mass is 15.4. The largest absolute Gasteiger partial charge is 0.346 e. The van der Waals surface area contributed by atoms with E-state index in [2.05, 4.69) is 29.9 Å². The van der Waals surface area contributed by atoms with E-state index in [4.69, 9.17) is 5.10 Å². The van der Waals surface area contributed by atoms with Gasteiger partial charge in [0.15, 0.2) is 17.3 Å². The molecule has 4 heterocycles. The van der Waals surface area contributed by atoms with E-state index >= 15 is 0 Å². The van der Waals surface area contributed by atoms with E-state index in [-0.39, 0.29) is 0 Å². The summed E-state index contributed by atoms with van der Waals surface area (Å²) in [5.41, 5.74) is 1.73. The smallest absolute Gasteiger partial charge is 0.185 e. The van der Waals surface area contributed by atoms with Crippen LogP contribution in [0.25, 0.3) is 17.0 Å². The summed E-state index contributed by atoms with van der Waals surface area (Å²) in [6, 6.07) is 13.9. The molecule has 0 saturated carbocycles. The van der Waals surface area contributed by atoms with Gasteiger partial charge in [0.2, 0.25) is 0 Å². The van der Waals surface area contributed by atoms with E-state index in [0.717, 1.165) is 47.6 Å². The molecule has 0 bridgehead atoms. The van der Waals surface area contributed by atoms with E-state index in [1.165, 1.54) is 0 Å². The van der Waals surface area contributed by atoms with Crippen molar-refractivity contribution in [2.24, 2.45) is 0 Å². The maximum atomic E-state index is 4.78. The maximum Gasteiger partial charge on any atom is 0.185 e. The SMILES string of the molecule is Cc1nnc2n1CCN(c1ccc3nnc(-c4ccccc4)n3n1)C2. The quantitative estimate of drug-likeness (QED) is 0.556. The Morgan fingerprint density at radius 3 is 2.64 bits per heavy atom. The topological polar surface area (TPSA) is 77.0 Å². The molecule has 5 rings (SSSR count). The molecule has 8 heteroatoms. The average molecular weight is 332 g/mol. The minimum atomic E-state index is 0.697. The van der Waals surface area contributed by atoms with Gasteiger partial charge in [-0.15, -0.1) is 25.5 Å². The Hall–Kier alpha value is -3.29. The van der Waals surface area contributed by atoms with E-state index in [1.807, 2.05) is 49.4 Å². The minimum Gasteiger partial charge on any atom is -0.346 e. The standard InChI is InChI=1S/C17H16N8/c1-12-18-20-16-11-23(9-10-24(12)16)15-8-7-14-19-21-17(25(14)22-15)13-5-3-2-4-6-13/h2-8H,9-11H2,1H3. The first-order chi connectivity index (χ1) is 12.3. The summed E-state index contributed by atoms with van der Waals surface area (Å²) in [4.78, 5) is 2.21. The monoisotopic (exact) mass is 332 g/mol. The van der Waals surface area contributed by atoms with Crippen LogP contribution in [0.3, 0.4) is 0 Å². The molecule has 0 atom stereocenters. The highest BCUT2D eigenvalue weighted by Gasteiger charge is 2.21. The van der Waals surface area contributed by atoms with E-state index in [0.29, 0.717) is 6.54 Å². The van der Waals surface area contributed by atoms with E-state index in [1.54, 1.807) is 4.52 Å². The molecule has 25 heavy (non-hydrogen) atoms. The lowest BCUT2D eigenvalue weighted by atomic mass is 10.2. The molecule has 0 radical (unpaired) electrons. The number of fused-ring (bicyclic) bond motifs is 2. The second-order valence-corrected chi connectivity index (χ2v) is 6.09. The normalized spacial score (nSPS) is 14.0. The van der Waals surface area contributed by atoms with Crippen LogP contribution in [0.1, 0.15) is 11.6 Å². The molecule has 3 aromatic heterocycles. The molecular formula is C17H16N8. The molecule has 0 amide bonds. The van der Waals surface area contributed by atoms with Gasteiger partial charge in [-0.1, -0.05) is 30.3 Å². The van der Waals surface area contributed by atoms with Crippen LogP contribution in [0, 0.1) is 6.92 Å². The van der Waals surface area contributed by atoms with Gasteiger partial charge in [0.1, 0.15) is 11.6 Å². The number of anilines is 1. The van der Waals surface area contributed by atoms with Crippen molar-refractivity contribution < 1.29 is 0 Å². The van der Waals surface area contributed by atoms with Crippen molar-refractivity contribution in [3.63, 3.8) is 0 Å². The summed E-state index contributed by atoms with van der Waals surface area (Å²) >= 11 is 0. The van der Waals surface area contributed by atoms with E-state index in [9.17, 15) is 0 Å². The summed E-state index contributed by atoms with van der Waals surface area (Å²) in [5.74, 6) is 3.56. The molecule has 1 aliphatic heterocycles. The van der Waals surface area contributed by atoms with Gasteiger partial charge < -0.3 is 9.47 Å². The van der Waals surface area contributed by atoms with Crippen molar-refractivity contribution in [3.05, 3.63) is 54.1 Å². The van der Waals surface area contributed by atoms with Crippen molar-refractivity contribution in [1.29, 1.82) is 0 Å². The molecule has 1 aliphatic rings. The zero-order chi connectivity index (χ0) is 16.8. The predicted molar refractivity (Wildman–Crippen MR) is 92.0 cm³/mol. The van der Waals surface area contributed by atoms with Crippen LogP contribution >= 0.6 is 0 Å². The summed E-state index contributed by atoms with van der Waals surface area (Å²) < 4.78 is 3.96. The number of hydrogen-bond donors (Lipinski definition) is 0. The van der Waals surface area contributed by atoms with Crippen molar-refractivity contribution >= 4 is 11.5 Å². The van der Waals surface area contributed by atoms with Crippen molar-refractivity contribution in [1.82, 2.24) is 34.6 Å². The van der Waals surface area contributed by atoms with Crippen LogP contribution in [0.2, 0.25) is 0 Å². The maximum absolute atomic E-state index is 4.78. The lowest BCUT2D eigenvalue weighted by Crippen LogP contribution is -2.35. The van der Waals surface area contributed by atoms with E-state index < -0.39 is 0 Å². The van der Waals surface area contributed by atoms with Crippen molar-refractivity contribution in [2.45, 2.75) is 20.0 Å². The molecule has 0 N–H and O–H groups in total. The van der Waals surface area contributed by atoms with Gasteiger partial charge in [-0.3, -0.25) is 0 Å². The van der Waals surface area contributed by atoms with Gasteiger partial charge in [-0.2, -0.15) is 4.52 Å². The van der Waals surface area contributed by atoms with Gasteiger partial charge in [-0.05, 0) is 19.1 Å². The van der Waals surface area contributed by atoms with Gasteiger partial charge in [0.05, 0.1) is 6.54 Å². The number of nitrogens with zero attached hydrogens (tertiary/aromatic N) is 8. The molecule has 124 valence electrons. The predicted octanol–water partition coefficient (Wildman–Crippen LogP) is 1.71. The molecule has 0 aliphatic carbocycles. The molecule has 0 spiro atoms. The summed E-state index contributed by atoms with van der Waals surface area (Å²) in [6.45, 7) is 4.41. The third-order valence-electron chi connectivity index (χ3n) is 4.54. The number of benzene rings is 1. The third-order valence-corrected chi connectivity index (χ3v) is 4.54. The Morgan fingerprint density at radius 1 is 0.880 bits per heavy atom. The number of hydrogen-bond acceptors (Lipinski definition) is 6. The van der Waals surface area contributed by atoms with Gasteiger partial charge >= 0.3 is 0 Å². The fraction of sp³-hybridized carbons (Fsp3) is 0.235. The highest BCUT2D eigenvalue weighted by Crippen LogP contribution is 2.22. The lowest BCUT2D eigenvalue weighted by molar-refractivity contribution is 0.545. The first kappa shape index (κ1) is 14.1. The zero-order valence-electron chi connectivity index (χ0n) is 13.7. The number of aromatic nitrogens is 7. The van der Waals surface area contributed by atoms with Crippen LogP contribution in [0.4, 0.5) is 5.82 Å². The van der Waals surface area contributed by atoms with Crippen molar-refractivity contribution in [3.8, 4) is 11.4 Å². The van der Waals surface area contributed by atoms with Crippen molar-refractivity contribution in [2.75, 3.05) is 11.4 Å². The first-order valence-corrected chi connectivity index (χ1v) is 8.21. The molecule has 0 unspecified atom stereocenters. The summed E-state index contributed by atoms with van der Waals surface area (Å²) in [5, 5.41) is 21.7. The Labute approximate surface area is 143 Å². The van der Waals surface area contributed by atoms with Gasteiger partial charge in [0, 0.05) is 18.7 Å². The molecule has 0 saturated heterocycles. The Morgan fingerprint density at radius 2 is 1.76 bits per heavy atom. The number of rotatable bonds is 2. The van der Waals surface area contributed by atoms with Crippen LogP contribution in [-0.4, -0.2) is 41.1 Å². The van der Waals surface area contributed by atoms with Crippen LogP contribution in [0.15, 0.2) is 42.5 Å². The fourth-order valence-electron chi connectivity index (χ4n) is 3.21.